The number of rotatable bonds is 3. The summed E-state index contributed by atoms with van der Waals surface area (Å²) in [6.45, 7) is 0. The van der Waals surface area contributed by atoms with E-state index in [2.05, 4.69) is 31.9 Å². The van der Waals surface area contributed by atoms with Crippen LogP contribution in [0, 0.1) is 0 Å². The molecule has 0 saturated carbocycles. The van der Waals surface area contributed by atoms with Crippen LogP contribution in [-0.2, 0) is 12.6 Å². The van der Waals surface area contributed by atoms with E-state index in [-0.39, 0.29) is 4.83 Å². The van der Waals surface area contributed by atoms with Crippen molar-refractivity contribution in [3.05, 3.63) is 68.7 Å². The highest BCUT2D eigenvalue weighted by Crippen LogP contribution is 2.37. The summed E-state index contributed by atoms with van der Waals surface area (Å²) in [5, 5.41) is 0.630. The highest BCUT2D eigenvalue weighted by atomic mass is 79.9. The summed E-state index contributed by atoms with van der Waals surface area (Å²) in [4.78, 5) is -0.227. The molecule has 0 aromatic heterocycles. The molecule has 112 valence electrons. The third-order valence-electron chi connectivity index (χ3n) is 2.99. The molecular weight excluding hydrogens is 432 g/mol. The van der Waals surface area contributed by atoms with Gasteiger partial charge in [0.05, 0.1) is 5.56 Å². The maximum atomic E-state index is 12.8. The van der Waals surface area contributed by atoms with Crippen LogP contribution in [0.2, 0.25) is 5.02 Å². The van der Waals surface area contributed by atoms with Gasteiger partial charge in [0.1, 0.15) is 0 Å². The van der Waals surface area contributed by atoms with Crippen LogP contribution >= 0.6 is 43.5 Å². The second-order valence-electron chi connectivity index (χ2n) is 4.53. The highest BCUT2D eigenvalue weighted by Gasteiger charge is 2.31. The normalized spacial score (nSPS) is 13.2. The van der Waals surface area contributed by atoms with E-state index in [1.165, 1.54) is 12.1 Å². The minimum Gasteiger partial charge on any atom is -0.166 e. The van der Waals surface area contributed by atoms with Crippen LogP contribution in [0.3, 0.4) is 0 Å². The van der Waals surface area contributed by atoms with Crippen LogP contribution in [0.1, 0.15) is 21.5 Å². The summed E-state index contributed by atoms with van der Waals surface area (Å²) >= 11 is 12.6. The Morgan fingerprint density at radius 2 is 1.67 bits per heavy atom. The maximum Gasteiger partial charge on any atom is 0.416 e. The average molecular weight is 443 g/mol. The zero-order chi connectivity index (χ0) is 15.6. The molecule has 2 aromatic carbocycles. The number of alkyl halides is 4. The quantitative estimate of drug-likeness (QED) is 0.459. The van der Waals surface area contributed by atoms with Crippen molar-refractivity contribution in [2.24, 2.45) is 0 Å². The lowest BCUT2D eigenvalue weighted by Gasteiger charge is -2.15. The summed E-state index contributed by atoms with van der Waals surface area (Å²) in [6.07, 6.45) is -3.78. The van der Waals surface area contributed by atoms with E-state index in [1.54, 1.807) is 12.1 Å². The molecule has 0 aliphatic carbocycles. The van der Waals surface area contributed by atoms with Crippen LogP contribution in [0.15, 0.2) is 46.9 Å². The lowest BCUT2D eigenvalue weighted by molar-refractivity contribution is -0.137. The van der Waals surface area contributed by atoms with Gasteiger partial charge in [-0.15, -0.1) is 0 Å². The minimum absolute atomic E-state index is 0.227. The van der Waals surface area contributed by atoms with Gasteiger partial charge in [0.15, 0.2) is 0 Å². The monoisotopic (exact) mass is 440 g/mol. The smallest absolute Gasteiger partial charge is 0.166 e. The number of hydrogen-bond acceptors (Lipinski definition) is 0. The van der Waals surface area contributed by atoms with Crippen molar-refractivity contribution in [1.82, 2.24) is 0 Å². The Morgan fingerprint density at radius 3 is 2.24 bits per heavy atom. The Kier molecular flexibility index (Phi) is 5.38. The predicted molar refractivity (Wildman–Crippen MR) is 86.0 cm³/mol. The molecule has 6 heteroatoms. The molecule has 21 heavy (non-hydrogen) atoms. The molecule has 0 N–H and O–H groups in total. The van der Waals surface area contributed by atoms with Crippen molar-refractivity contribution in [3.8, 4) is 0 Å². The number of hydrogen-bond donors (Lipinski definition) is 0. The molecular formula is C15H10Br2ClF3. The lowest BCUT2D eigenvalue weighted by Crippen LogP contribution is -2.07. The van der Waals surface area contributed by atoms with Gasteiger partial charge in [-0.3, -0.25) is 0 Å². The zero-order valence-electron chi connectivity index (χ0n) is 10.6. The van der Waals surface area contributed by atoms with Crippen LogP contribution in [0.25, 0.3) is 0 Å². The molecule has 0 spiro atoms. The molecule has 0 saturated heterocycles. The third kappa shape index (κ3) is 4.47. The summed E-state index contributed by atoms with van der Waals surface area (Å²) in [7, 11) is 0. The second-order valence-corrected chi connectivity index (χ2v) is 6.93. The standard InChI is InChI=1S/C15H10Br2ClF3/c16-13-6-3-10(15(19,20)21)8-12(13)14(17)7-9-1-4-11(18)5-2-9/h1-6,8,14H,7H2. The second kappa shape index (κ2) is 6.71. The first-order valence-electron chi connectivity index (χ1n) is 6.02. The van der Waals surface area contributed by atoms with E-state index in [4.69, 9.17) is 11.6 Å². The Balaban J connectivity index is 2.26. The van der Waals surface area contributed by atoms with Gasteiger partial charge in [0, 0.05) is 14.3 Å². The molecule has 0 radical (unpaired) electrons. The fraction of sp³-hybridized carbons (Fsp3) is 0.200. The molecule has 0 amide bonds. The van der Waals surface area contributed by atoms with Crippen molar-refractivity contribution < 1.29 is 13.2 Å². The number of benzene rings is 2. The molecule has 0 heterocycles. The summed E-state index contributed by atoms with van der Waals surface area (Å²) < 4.78 is 39.0. The minimum atomic E-state index is -4.34. The Hall–Kier alpha value is -0.520. The van der Waals surface area contributed by atoms with Crippen molar-refractivity contribution >= 4 is 43.5 Å². The largest absolute Gasteiger partial charge is 0.416 e. The van der Waals surface area contributed by atoms with Gasteiger partial charge >= 0.3 is 6.18 Å². The van der Waals surface area contributed by atoms with E-state index in [0.29, 0.717) is 21.5 Å². The Labute approximate surface area is 142 Å². The summed E-state index contributed by atoms with van der Waals surface area (Å²) in [5.41, 5.74) is 0.909. The third-order valence-corrected chi connectivity index (χ3v) is 4.78. The molecule has 0 aliphatic heterocycles. The molecule has 0 aliphatic rings. The zero-order valence-corrected chi connectivity index (χ0v) is 14.5. The predicted octanol–water partition coefficient (Wildman–Crippen LogP) is 6.80. The van der Waals surface area contributed by atoms with Crippen molar-refractivity contribution in [2.45, 2.75) is 17.4 Å². The maximum absolute atomic E-state index is 12.8. The van der Waals surface area contributed by atoms with Gasteiger partial charge < -0.3 is 0 Å². The van der Waals surface area contributed by atoms with E-state index in [1.807, 2.05) is 12.1 Å². The van der Waals surface area contributed by atoms with Crippen LogP contribution in [0.5, 0.6) is 0 Å². The van der Waals surface area contributed by atoms with Crippen molar-refractivity contribution in [3.63, 3.8) is 0 Å². The van der Waals surface area contributed by atoms with Gasteiger partial charge in [-0.05, 0) is 47.9 Å². The van der Waals surface area contributed by atoms with Gasteiger partial charge in [-0.2, -0.15) is 13.2 Å². The van der Waals surface area contributed by atoms with Gasteiger partial charge in [0.2, 0.25) is 0 Å². The summed E-state index contributed by atoms with van der Waals surface area (Å²) in [6, 6.07) is 10.9. The average Bonchev–Trinajstić information content (AvgIpc) is 2.40. The van der Waals surface area contributed by atoms with Gasteiger partial charge in [-0.25, -0.2) is 0 Å². The Bertz CT molecular complexity index is 624. The topological polar surface area (TPSA) is 0 Å². The van der Waals surface area contributed by atoms with E-state index in [0.717, 1.165) is 11.6 Å². The highest BCUT2D eigenvalue weighted by molar-refractivity contribution is 9.11. The first kappa shape index (κ1) is 16.8. The molecule has 0 fully saturated rings. The first-order chi connectivity index (χ1) is 9.77. The van der Waals surface area contributed by atoms with Crippen molar-refractivity contribution in [2.75, 3.05) is 0 Å². The molecule has 0 nitrogen and oxygen atoms in total. The Morgan fingerprint density at radius 1 is 1.05 bits per heavy atom. The molecule has 2 aromatic rings. The molecule has 2 rings (SSSR count). The molecule has 1 atom stereocenters. The van der Waals surface area contributed by atoms with Gasteiger partial charge in [-0.1, -0.05) is 55.6 Å². The SMILES string of the molecule is FC(F)(F)c1ccc(Br)c(C(Br)Cc2ccc(Cl)cc2)c1. The number of halogens is 6. The first-order valence-corrected chi connectivity index (χ1v) is 8.11. The van der Waals surface area contributed by atoms with Crippen LogP contribution in [0.4, 0.5) is 13.2 Å². The van der Waals surface area contributed by atoms with Gasteiger partial charge in [0.25, 0.3) is 0 Å². The molecule has 1 unspecified atom stereocenters. The fourth-order valence-corrected chi connectivity index (χ4v) is 3.61. The fourth-order valence-electron chi connectivity index (χ4n) is 1.90. The van der Waals surface area contributed by atoms with Crippen molar-refractivity contribution in [1.29, 1.82) is 0 Å². The van der Waals surface area contributed by atoms with E-state index >= 15 is 0 Å². The van der Waals surface area contributed by atoms with E-state index < -0.39 is 11.7 Å². The lowest BCUT2D eigenvalue weighted by atomic mass is 10.0. The molecule has 0 bridgehead atoms. The van der Waals surface area contributed by atoms with Crippen LogP contribution in [-0.4, -0.2) is 0 Å². The van der Waals surface area contributed by atoms with E-state index in [9.17, 15) is 13.2 Å². The summed E-state index contributed by atoms with van der Waals surface area (Å²) in [5.74, 6) is 0. The van der Waals surface area contributed by atoms with Crippen LogP contribution < -0.4 is 0 Å².